The zero-order valence-corrected chi connectivity index (χ0v) is 7.74. The molecule has 2 unspecified atom stereocenters. The first-order valence-corrected chi connectivity index (χ1v) is 5.18. The Morgan fingerprint density at radius 2 is 2.00 bits per heavy atom. The Bertz CT molecular complexity index is 339. The second-order valence-corrected chi connectivity index (χ2v) is 4.13. The van der Waals surface area contributed by atoms with Crippen molar-refractivity contribution in [3.05, 3.63) is 47.6 Å². The molecule has 3 aliphatic rings. The molecule has 0 bridgehead atoms. The highest BCUT2D eigenvalue weighted by Gasteiger charge is 2.29. The molecule has 0 aromatic rings. The van der Waals surface area contributed by atoms with Crippen molar-refractivity contribution in [1.82, 2.24) is 0 Å². The molecule has 0 spiro atoms. The summed E-state index contributed by atoms with van der Waals surface area (Å²) < 4.78 is 0. The Hall–Kier alpha value is -1.04. The Kier molecular flexibility index (Phi) is 1.55. The summed E-state index contributed by atoms with van der Waals surface area (Å²) in [5, 5.41) is 0. The molecule has 0 amide bonds. The van der Waals surface area contributed by atoms with Crippen LogP contribution in [0.2, 0.25) is 0 Å². The lowest BCUT2D eigenvalue weighted by Gasteiger charge is -2.31. The first-order valence-electron chi connectivity index (χ1n) is 5.18. The summed E-state index contributed by atoms with van der Waals surface area (Å²) in [7, 11) is 0. The molecule has 3 aliphatic carbocycles. The summed E-state index contributed by atoms with van der Waals surface area (Å²) in [6, 6.07) is 0. The molecule has 0 saturated heterocycles. The molecule has 0 heteroatoms. The van der Waals surface area contributed by atoms with E-state index >= 15 is 0 Å². The summed E-state index contributed by atoms with van der Waals surface area (Å²) in [5.41, 5.74) is 3.29. The topological polar surface area (TPSA) is 0 Å². The molecule has 0 nitrogen and oxygen atoms in total. The molecule has 3 rings (SSSR count). The van der Waals surface area contributed by atoms with Crippen molar-refractivity contribution in [1.29, 1.82) is 0 Å². The molecular weight excluding hydrogens is 156 g/mol. The number of hydrogen-bond donors (Lipinski definition) is 0. The predicted octanol–water partition coefficient (Wildman–Crippen LogP) is 3.40. The van der Waals surface area contributed by atoms with Crippen LogP contribution in [-0.2, 0) is 0 Å². The van der Waals surface area contributed by atoms with Gasteiger partial charge in [-0.2, -0.15) is 0 Å². The van der Waals surface area contributed by atoms with Gasteiger partial charge in [0.05, 0.1) is 0 Å². The molecule has 0 aromatic carbocycles. The van der Waals surface area contributed by atoms with Gasteiger partial charge in [0.2, 0.25) is 0 Å². The zero-order chi connectivity index (χ0) is 8.67. The predicted molar refractivity (Wildman–Crippen MR) is 55.3 cm³/mol. The van der Waals surface area contributed by atoms with Crippen LogP contribution in [0.1, 0.15) is 19.3 Å². The van der Waals surface area contributed by atoms with E-state index in [1.54, 1.807) is 11.1 Å². The standard InChI is InChI=1S/C13H14/c1-2-6-12-10(4-1)8-9-11-5-3-7-13(11)12/h2-3,5-8,12-13H,1,4,9H2. The average Bonchev–Trinajstić information content (AvgIpc) is 2.65. The minimum Gasteiger partial charge on any atom is -0.0876 e. The van der Waals surface area contributed by atoms with Gasteiger partial charge in [-0.1, -0.05) is 47.6 Å². The van der Waals surface area contributed by atoms with Crippen molar-refractivity contribution in [2.75, 3.05) is 0 Å². The van der Waals surface area contributed by atoms with Crippen LogP contribution in [0.25, 0.3) is 0 Å². The van der Waals surface area contributed by atoms with Gasteiger partial charge in [-0.05, 0) is 19.3 Å². The third-order valence-corrected chi connectivity index (χ3v) is 3.41. The third-order valence-electron chi connectivity index (χ3n) is 3.41. The largest absolute Gasteiger partial charge is 0.0876 e. The van der Waals surface area contributed by atoms with Crippen molar-refractivity contribution >= 4 is 0 Å². The summed E-state index contributed by atoms with van der Waals surface area (Å²) in [4.78, 5) is 0. The van der Waals surface area contributed by atoms with Gasteiger partial charge in [0.15, 0.2) is 0 Å². The van der Waals surface area contributed by atoms with Crippen LogP contribution < -0.4 is 0 Å². The normalized spacial score (nSPS) is 35.1. The van der Waals surface area contributed by atoms with Crippen LogP contribution in [-0.4, -0.2) is 0 Å². The quantitative estimate of drug-likeness (QED) is 0.489. The van der Waals surface area contributed by atoms with Gasteiger partial charge >= 0.3 is 0 Å². The first kappa shape index (κ1) is 7.37. The average molecular weight is 170 g/mol. The monoisotopic (exact) mass is 170 g/mol. The lowest BCUT2D eigenvalue weighted by molar-refractivity contribution is 0.545. The fraction of sp³-hybridized carbons (Fsp3) is 0.385. The van der Waals surface area contributed by atoms with Gasteiger partial charge in [0.25, 0.3) is 0 Å². The van der Waals surface area contributed by atoms with Gasteiger partial charge in [0, 0.05) is 11.8 Å². The van der Waals surface area contributed by atoms with Crippen molar-refractivity contribution in [2.45, 2.75) is 19.3 Å². The van der Waals surface area contributed by atoms with Crippen LogP contribution in [0.5, 0.6) is 0 Å². The Morgan fingerprint density at radius 3 is 3.00 bits per heavy atom. The summed E-state index contributed by atoms with van der Waals surface area (Å²) in [5.74, 6) is 1.41. The molecule has 66 valence electrons. The Labute approximate surface area is 79.3 Å². The summed E-state index contributed by atoms with van der Waals surface area (Å²) >= 11 is 0. The number of rotatable bonds is 0. The van der Waals surface area contributed by atoms with Crippen LogP contribution in [0.3, 0.4) is 0 Å². The molecule has 0 N–H and O–H groups in total. The molecule has 0 saturated carbocycles. The zero-order valence-electron chi connectivity index (χ0n) is 7.74. The van der Waals surface area contributed by atoms with Gasteiger partial charge < -0.3 is 0 Å². The molecule has 0 aliphatic heterocycles. The van der Waals surface area contributed by atoms with E-state index in [1.807, 2.05) is 0 Å². The Morgan fingerprint density at radius 1 is 1.08 bits per heavy atom. The van der Waals surface area contributed by atoms with Gasteiger partial charge in [-0.3, -0.25) is 0 Å². The molecular formula is C13H14. The van der Waals surface area contributed by atoms with Crippen LogP contribution in [0.4, 0.5) is 0 Å². The molecule has 0 fully saturated rings. The second-order valence-electron chi connectivity index (χ2n) is 4.13. The number of hydrogen-bond acceptors (Lipinski definition) is 0. The van der Waals surface area contributed by atoms with Crippen molar-refractivity contribution < 1.29 is 0 Å². The van der Waals surface area contributed by atoms with Crippen molar-refractivity contribution in [3.63, 3.8) is 0 Å². The number of allylic oxidation sites excluding steroid dienone is 8. The van der Waals surface area contributed by atoms with Gasteiger partial charge in [-0.15, -0.1) is 0 Å². The lowest BCUT2D eigenvalue weighted by Crippen LogP contribution is -2.19. The molecule has 2 atom stereocenters. The molecule has 0 aromatic heterocycles. The van der Waals surface area contributed by atoms with Gasteiger partial charge in [-0.25, -0.2) is 0 Å². The smallest absolute Gasteiger partial charge is 0.00863 e. The van der Waals surface area contributed by atoms with E-state index in [-0.39, 0.29) is 0 Å². The van der Waals surface area contributed by atoms with Crippen LogP contribution in [0.15, 0.2) is 47.6 Å². The van der Waals surface area contributed by atoms with Crippen molar-refractivity contribution in [3.8, 4) is 0 Å². The van der Waals surface area contributed by atoms with Crippen LogP contribution in [0, 0.1) is 11.8 Å². The maximum atomic E-state index is 2.45. The van der Waals surface area contributed by atoms with E-state index < -0.39 is 0 Å². The third kappa shape index (κ3) is 1.05. The maximum absolute atomic E-state index is 2.45. The highest BCUT2D eigenvalue weighted by Crippen LogP contribution is 2.42. The fourth-order valence-electron chi connectivity index (χ4n) is 2.71. The molecule has 0 heterocycles. The summed E-state index contributed by atoms with van der Waals surface area (Å²) in [6.07, 6.45) is 17.8. The van der Waals surface area contributed by atoms with E-state index in [2.05, 4.69) is 36.5 Å². The van der Waals surface area contributed by atoms with Gasteiger partial charge in [0.1, 0.15) is 0 Å². The van der Waals surface area contributed by atoms with E-state index in [9.17, 15) is 0 Å². The van der Waals surface area contributed by atoms with E-state index in [0.29, 0.717) is 11.8 Å². The van der Waals surface area contributed by atoms with E-state index in [0.717, 1.165) is 0 Å². The summed E-state index contributed by atoms with van der Waals surface area (Å²) in [6.45, 7) is 0. The highest BCUT2D eigenvalue weighted by molar-refractivity contribution is 5.39. The maximum Gasteiger partial charge on any atom is 0.00863 e. The first-order chi connectivity index (χ1) is 6.45. The van der Waals surface area contributed by atoms with E-state index in [1.165, 1.54) is 19.3 Å². The van der Waals surface area contributed by atoms with Crippen LogP contribution >= 0.6 is 0 Å². The van der Waals surface area contributed by atoms with E-state index in [4.69, 9.17) is 0 Å². The second kappa shape index (κ2) is 2.73. The molecule has 0 radical (unpaired) electrons. The Balaban J connectivity index is 2.02. The highest BCUT2D eigenvalue weighted by atomic mass is 14.3. The van der Waals surface area contributed by atoms with Crippen molar-refractivity contribution in [2.24, 2.45) is 11.8 Å². The minimum atomic E-state index is 0.701. The lowest BCUT2D eigenvalue weighted by atomic mass is 9.73. The SMILES string of the molecule is C1=CC2C(=C1)CC=C1CCC=CC12. The number of fused-ring (bicyclic) bond motifs is 3. The minimum absolute atomic E-state index is 0.701. The molecule has 13 heavy (non-hydrogen) atoms. The fourth-order valence-corrected chi connectivity index (χ4v) is 2.71.